The van der Waals surface area contributed by atoms with Gasteiger partial charge in [0.2, 0.25) is 0 Å². The van der Waals surface area contributed by atoms with E-state index in [1.165, 1.54) is 11.1 Å². The fourth-order valence-electron chi connectivity index (χ4n) is 2.00. The predicted octanol–water partition coefficient (Wildman–Crippen LogP) is 2.56. The molecule has 0 saturated heterocycles. The van der Waals surface area contributed by atoms with Crippen molar-refractivity contribution in [3.05, 3.63) is 35.9 Å². The second-order valence-electron chi connectivity index (χ2n) is 4.37. The van der Waals surface area contributed by atoms with E-state index in [2.05, 4.69) is 39.0 Å². The molecule has 0 spiro atoms. The van der Waals surface area contributed by atoms with Gasteiger partial charge in [0.05, 0.1) is 11.2 Å². The first kappa shape index (κ1) is 9.28. The Morgan fingerprint density at radius 1 is 1.21 bits per heavy atom. The molecular weight excluding hydrogens is 172 g/mol. The van der Waals surface area contributed by atoms with E-state index in [-0.39, 0.29) is 5.54 Å². The summed E-state index contributed by atoms with van der Waals surface area (Å²) in [4.78, 5) is 0. The summed E-state index contributed by atoms with van der Waals surface area (Å²) in [6.45, 7) is 6.37. The van der Waals surface area contributed by atoms with Gasteiger partial charge in [-0.2, -0.15) is 0 Å². The van der Waals surface area contributed by atoms with E-state index in [1.807, 2.05) is 17.1 Å². The van der Waals surface area contributed by atoms with Gasteiger partial charge in [-0.1, -0.05) is 24.3 Å². The summed E-state index contributed by atoms with van der Waals surface area (Å²) in [6, 6.07) is 8.24. The normalized spacial score (nSPS) is 18.9. The summed E-state index contributed by atoms with van der Waals surface area (Å²) in [5.74, 6) is 6.08. The number of rotatable bonds is 0. The maximum absolute atomic E-state index is 6.08. The van der Waals surface area contributed by atoms with Crippen LogP contribution in [-0.2, 0) is 0 Å². The van der Waals surface area contributed by atoms with Crippen LogP contribution in [0.3, 0.4) is 0 Å². The zero-order chi connectivity index (χ0) is 10.3. The second kappa shape index (κ2) is 2.85. The lowest BCUT2D eigenvalue weighted by molar-refractivity contribution is 0.568. The lowest BCUT2D eigenvalue weighted by Crippen LogP contribution is -2.49. The van der Waals surface area contributed by atoms with Gasteiger partial charge in [-0.15, -0.1) is 0 Å². The Morgan fingerprint density at radius 2 is 1.86 bits per heavy atom. The van der Waals surface area contributed by atoms with Crippen LogP contribution in [0.15, 0.2) is 30.3 Å². The van der Waals surface area contributed by atoms with Crippen molar-refractivity contribution in [2.24, 2.45) is 5.84 Å². The van der Waals surface area contributed by atoms with Gasteiger partial charge in [0.15, 0.2) is 0 Å². The van der Waals surface area contributed by atoms with Gasteiger partial charge in [0.1, 0.15) is 0 Å². The minimum absolute atomic E-state index is 0.0988. The molecule has 0 amide bonds. The first-order valence-corrected chi connectivity index (χ1v) is 4.86. The smallest absolute Gasteiger partial charge is 0.0690 e. The van der Waals surface area contributed by atoms with Gasteiger partial charge in [0, 0.05) is 5.56 Å². The molecule has 0 atom stereocenters. The van der Waals surface area contributed by atoms with Crippen LogP contribution < -0.4 is 10.9 Å². The largest absolute Gasteiger partial charge is 0.301 e. The number of allylic oxidation sites excluding steroid dienone is 1. The first-order chi connectivity index (χ1) is 6.52. The van der Waals surface area contributed by atoms with Gasteiger partial charge < -0.3 is 5.01 Å². The number of para-hydroxylation sites is 1. The number of fused-ring (bicyclic) bond motifs is 1. The highest BCUT2D eigenvalue weighted by molar-refractivity contribution is 5.80. The molecule has 0 saturated carbocycles. The minimum Gasteiger partial charge on any atom is -0.301 e. The fourth-order valence-corrected chi connectivity index (χ4v) is 2.00. The molecule has 0 bridgehead atoms. The van der Waals surface area contributed by atoms with Crippen LogP contribution >= 0.6 is 0 Å². The van der Waals surface area contributed by atoms with Gasteiger partial charge in [-0.05, 0) is 32.4 Å². The van der Waals surface area contributed by atoms with Crippen molar-refractivity contribution in [1.29, 1.82) is 0 Å². The summed E-state index contributed by atoms with van der Waals surface area (Å²) >= 11 is 0. The van der Waals surface area contributed by atoms with Crippen molar-refractivity contribution >= 4 is 11.3 Å². The van der Waals surface area contributed by atoms with Crippen molar-refractivity contribution in [3.8, 4) is 0 Å². The average molecular weight is 188 g/mol. The van der Waals surface area contributed by atoms with Crippen molar-refractivity contribution in [3.63, 3.8) is 0 Å². The molecule has 0 unspecified atom stereocenters. The fraction of sp³-hybridized carbons (Fsp3) is 0.333. The predicted molar refractivity (Wildman–Crippen MR) is 60.8 cm³/mol. The third-order valence-electron chi connectivity index (χ3n) is 2.78. The molecule has 2 N–H and O–H groups in total. The topological polar surface area (TPSA) is 29.3 Å². The molecule has 0 radical (unpaired) electrons. The molecular formula is C12H16N2. The van der Waals surface area contributed by atoms with Gasteiger partial charge >= 0.3 is 0 Å². The summed E-state index contributed by atoms with van der Waals surface area (Å²) in [5.41, 5.74) is 3.54. The van der Waals surface area contributed by atoms with Crippen LogP contribution in [0.2, 0.25) is 0 Å². The van der Waals surface area contributed by atoms with Crippen LogP contribution in [-0.4, -0.2) is 5.54 Å². The Hall–Kier alpha value is -1.28. The number of nitrogens with two attached hydrogens (primary N) is 1. The monoisotopic (exact) mass is 188 g/mol. The molecule has 0 aromatic heterocycles. The maximum atomic E-state index is 6.08. The molecule has 2 rings (SSSR count). The Kier molecular flexibility index (Phi) is 1.89. The Balaban J connectivity index is 2.63. The molecule has 74 valence electrons. The standard InChI is InChI=1S/C12H16N2/c1-9-8-12(2,3)14(13)11-7-5-4-6-10(9)11/h4-8H,13H2,1-3H3. The SMILES string of the molecule is CC1=CC(C)(C)N(N)c2ccccc21. The highest BCUT2D eigenvalue weighted by Gasteiger charge is 2.28. The van der Waals surface area contributed by atoms with Crippen molar-refractivity contribution in [1.82, 2.24) is 0 Å². The van der Waals surface area contributed by atoms with Crippen LogP contribution in [0.25, 0.3) is 5.57 Å². The summed E-state index contributed by atoms with van der Waals surface area (Å²) < 4.78 is 0. The van der Waals surface area contributed by atoms with Crippen LogP contribution in [0, 0.1) is 0 Å². The van der Waals surface area contributed by atoms with Crippen molar-refractivity contribution in [2.75, 3.05) is 5.01 Å². The van der Waals surface area contributed by atoms with Crippen LogP contribution in [0.5, 0.6) is 0 Å². The van der Waals surface area contributed by atoms with Gasteiger partial charge in [-0.25, -0.2) is 5.84 Å². The maximum Gasteiger partial charge on any atom is 0.0690 e. The van der Waals surface area contributed by atoms with E-state index in [0.29, 0.717) is 0 Å². The Morgan fingerprint density at radius 3 is 2.57 bits per heavy atom. The van der Waals surface area contributed by atoms with Gasteiger partial charge in [-0.3, -0.25) is 0 Å². The highest BCUT2D eigenvalue weighted by atomic mass is 15.4. The molecule has 0 fully saturated rings. The zero-order valence-corrected chi connectivity index (χ0v) is 8.91. The number of hydrogen-bond acceptors (Lipinski definition) is 2. The molecule has 0 aliphatic carbocycles. The van der Waals surface area contributed by atoms with E-state index in [9.17, 15) is 0 Å². The van der Waals surface area contributed by atoms with Crippen molar-refractivity contribution < 1.29 is 0 Å². The molecule has 1 aliphatic heterocycles. The summed E-state index contributed by atoms with van der Waals surface area (Å²) in [6.07, 6.45) is 2.20. The lowest BCUT2D eigenvalue weighted by atomic mass is 9.90. The van der Waals surface area contributed by atoms with Crippen LogP contribution in [0.1, 0.15) is 26.3 Å². The molecule has 14 heavy (non-hydrogen) atoms. The molecule has 1 aromatic carbocycles. The van der Waals surface area contributed by atoms with E-state index >= 15 is 0 Å². The van der Waals surface area contributed by atoms with Gasteiger partial charge in [0.25, 0.3) is 0 Å². The lowest BCUT2D eigenvalue weighted by Gasteiger charge is -2.39. The number of nitrogens with zero attached hydrogens (tertiary/aromatic N) is 1. The molecule has 2 heteroatoms. The minimum atomic E-state index is -0.0988. The molecule has 1 heterocycles. The second-order valence-corrected chi connectivity index (χ2v) is 4.37. The third kappa shape index (κ3) is 1.23. The Labute approximate surface area is 85.0 Å². The number of benzene rings is 1. The average Bonchev–Trinajstić information content (AvgIpc) is 2.14. The van der Waals surface area contributed by atoms with E-state index in [4.69, 9.17) is 5.84 Å². The van der Waals surface area contributed by atoms with Crippen LogP contribution in [0.4, 0.5) is 5.69 Å². The quantitative estimate of drug-likeness (QED) is 0.634. The summed E-state index contributed by atoms with van der Waals surface area (Å²) in [5, 5.41) is 1.83. The van der Waals surface area contributed by atoms with E-state index in [1.54, 1.807) is 0 Å². The Bertz CT molecular complexity index is 391. The van der Waals surface area contributed by atoms with E-state index < -0.39 is 0 Å². The summed E-state index contributed by atoms with van der Waals surface area (Å²) in [7, 11) is 0. The highest BCUT2D eigenvalue weighted by Crippen LogP contribution is 2.36. The molecule has 1 aliphatic rings. The number of anilines is 1. The molecule has 1 aromatic rings. The zero-order valence-electron chi connectivity index (χ0n) is 8.91. The third-order valence-corrected chi connectivity index (χ3v) is 2.78. The van der Waals surface area contributed by atoms with E-state index in [0.717, 1.165) is 5.69 Å². The number of hydrogen-bond donors (Lipinski definition) is 1. The molecule has 2 nitrogen and oxygen atoms in total. The first-order valence-electron chi connectivity index (χ1n) is 4.86. The van der Waals surface area contributed by atoms with Crippen molar-refractivity contribution in [2.45, 2.75) is 26.3 Å². The number of hydrazine groups is 1.